The van der Waals surface area contributed by atoms with Crippen molar-refractivity contribution in [2.45, 2.75) is 37.6 Å². The standard InChI is InChI=1S/C12H17N3O2/c16-12(17)10-7-14-15(11(10)8-1-2-8)9-3-5-13-6-4-9/h7-9,13H,1-6H2,(H,16,17). The minimum atomic E-state index is -0.841. The Balaban J connectivity index is 1.95. The second-order valence-corrected chi connectivity index (χ2v) is 4.95. The van der Waals surface area contributed by atoms with Crippen LogP contribution in [-0.4, -0.2) is 33.9 Å². The fraction of sp³-hybridized carbons (Fsp3) is 0.667. The number of hydrogen-bond donors (Lipinski definition) is 2. The molecular weight excluding hydrogens is 218 g/mol. The average molecular weight is 235 g/mol. The molecule has 5 heteroatoms. The maximum Gasteiger partial charge on any atom is 0.339 e. The molecule has 0 atom stereocenters. The van der Waals surface area contributed by atoms with Crippen LogP contribution in [0.25, 0.3) is 0 Å². The third kappa shape index (κ3) is 1.95. The smallest absolute Gasteiger partial charge is 0.339 e. The highest BCUT2D eigenvalue weighted by atomic mass is 16.4. The predicted octanol–water partition coefficient (Wildman–Crippen LogP) is 1.38. The summed E-state index contributed by atoms with van der Waals surface area (Å²) in [6.45, 7) is 1.99. The van der Waals surface area contributed by atoms with E-state index in [0.29, 0.717) is 17.5 Å². The summed E-state index contributed by atoms with van der Waals surface area (Å²) >= 11 is 0. The Labute approximate surface area is 99.8 Å². The lowest BCUT2D eigenvalue weighted by atomic mass is 10.1. The average Bonchev–Trinajstić information content (AvgIpc) is 3.08. The van der Waals surface area contributed by atoms with E-state index in [1.54, 1.807) is 0 Å². The van der Waals surface area contributed by atoms with E-state index in [1.807, 2.05) is 4.68 Å². The third-order valence-electron chi connectivity index (χ3n) is 3.68. The Hall–Kier alpha value is -1.36. The summed E-state index contributed by atoms with van der Waals surface area (Å²) < 4.78 is 1.99. The number of hydrogen-bond acceptors (Lipinski definition) is 3. The van der Waals surface area contributed by atoms with Gasteiger partial charge in [-0.05, 0) is 38.8 Å². The molecule has 1 aliphatic heterocycles. The monoisotopic (exact) mass is 235 g/mol. The van der Waals surface area contributed by atoms with Crippen molar-refractivity contribution in [3.63, 3.8) is 0 Å². The van der Waals surface area contributed by atoms with Crippen LogP contribution < -0.4 is 5.32 Å². The van der Waals surface area contributed by atoms with Gasteiger partial charge in [0, 0.05) is 5.92 Å². The van der Waals surface area contributed by atoms with Gasteiger partial charge >= 0.3 is 5.97 Å². The zero-order valence-corrected chi connectivity index (χ0v) is 9.72. The predicted molar refractivity (Wildman–Crippen MR) is 62.3 cm³/mol. The van der Waals surface area contributed by atoms with Crippen LogP contribution >= 0.6 is 0 Å². The van der Waals surface area contributed by atoms with E-state index in [-0.39, 0.29) is 0 Å². The first-order chi connectivity index (χ1) is 8.27. The molecule has 2 N–H and O–H groups in total. The maximum atomic E-state index is 11.2. The van der Waals surface area contributed by atoms with Gasteiger partial charge in [-0.15, -0.1) is 0 Å². The zero-order valence-electron chi connectivity index (χ0n) is 9.72. The summed E-state index contributed by atoms with van der Waals surface area (Å²) in [6, 6.07) is 0.375. The van der Waals surface area contributed by atoms with Gasteiger partial charge in [-0.2, -0.15) is 5.10 Å². The van der Waals surface area contributed by atoms with Crippen molar-refractivity contribution in [1.29, 1.82) is 0 Å². The molecule has 92 valence electrons. The molecule has 2 heterocycles. The number of nitrogens with zero attached hydrogens (tertiary/aromatic N) is 2. The molecule has 0 unspecified atom stereocenters. The molecule has 1 saturated heterocycles. The van der Waals surface area contributed by atoms with Crippen LogP contribution in [0.5, 0.6) is 0 Å². The Kier molecular flexibility index (Phi) is 2.63. The number of aromatic carboxylic acids is 1. The van der Waals surface area contributed by atoms with Crippen molar-refractivity contribution in [3.05, 3.63) is 17.5 Å². The lowest BCUT2D eigenvalue weighted by Crippen LogP contribution is -2.30. The van der Waals surface area contributed by atoms with Crippen LogP contribution in [0.4, 0.5) is 0 Å². The highest BCUT2D eigenvalue weighted by molar-refractivity contribution is 5.89. The number of nitrogens with one attached hydrogen (secondary N) is 1. The molecule has 0 bridgehead atoms. The lowest BCUT2D eigenvalue weighted by Gasteiger charge is -2.25. The Bertz CT molecular complexity index is 431. The second-order valence-electron chi connectivity index (χ2n) is 4.95. The second kappa shape index (κ2) is 4.14. The van der Waals surface area contributed by atoms with E-state index in [9.17, 15) is 9.90 Å². The van der Waals surface area contributed by atoms with Crippen molar-refractivity contribution in [1.82, 2.24) is 15.1 Å². The molecule has 3 rings (SSSR count). The van der Waals surface area contributed by atoms with E-state index in [4.69, 9.17) is 0 Å². The van der Waals surface area contributed by atoms with Gasteiger partial charge in [-0.25, -0.2) is 4.79 Å². The summed E-state index contributed by atoms with van der Waals surface area (Å²) in [5, 5.41) is 16.8. The van der Waals surface area contributed by atoms with Gasteiger partial charge in [0.2, 0.25) is 0 Å². The molecule has 17 heavy (non-hydrogen) atoms. The SMILES string of the molecule is O=C(O)c1cnn(C2CCNCC2)c1C1CC1. The van der Waals surface area contributed by atoms with Gasteiger partial charge in [0.1, 0.15) is 5.56 Å². The first kappa shape index (κ1) is 10.8. The van der Waals surface area contributed by atoms with Gasteiger partial charge in [-0.1, -0.05) is 0 Å². The molecule has 1 saturated carbocycles. The van der Waals surface area contributed by atoms with Gasteiger partial charge in [0.25, 0.3) is 0 Å². The normalized spacial score (nSPS) is 21.6. The van der Waals surface area contributed by atoms with Crippen molar-refractivity contribution < 1.29 is 9.90 Å². The van der Waals surface area contributed by atoms with E-state index < -0.39 is 5.97 Å². The summed E-state index contributed by atoms with van der Waals surface area (Å²) in [4.78, 5) is 11.2. The molecular formula is C12H17N3O2. The van der Waals surface area contributed by atoms with E-state index in [2.05, 4.69) is 10.4 Å². The molecule has 1 aromatic rings. The minimum absolute atomic E-state index is 0.375. The van der Waals surface area contributed by atoms with Crippen molar-refractivity contribution in [3.8, 4) is 0 Å². The minimum Gasteiger partial charge on any atom is -0.478 e. The first-order valence-corrected chi connectivity index (χ1v) is 6.29. The van der Waals surface area contributed by atoms with Gasteiger partial charge in [0.15, 0.2) is 0 Å². The van der Waals surface area contributed by atoms with Crippen LogP contribution in [-0.2, 0) is 0 Å². The van der Waals surface area contributed by atoms with Crippen LogP contribution in [0, 0.1) is 0 Å². The quantitative estimate of drug-likeness (QED) is 0.830. The van der Waals surface area contributed by atoms with E-state index in [0.717, 1.165) is 44.5 Å². The summed E-state index contributed by atoms with van der Waals surface area (Å²) in [5.74, 6) is -0.412. The number of aromatic nitrogens is 2. The molecule has 1 aromatic heterocycles. The first-order valence-electron chi connectivity index (χ1n) is 6.29. The number of rotatable bonds is 3. The van der Waals surface area contributed by atoms with Crippen molar-refractivity contribution >= 4 is 5.97 Å². The van der Waals surface area contributed by atoms with Crippen LogP contribution in [0.3, 0.4) is 0 Å². The number of carboxylic acids is 1. The summed E-state index contributed by atoms with van der Waals surface area (Å²) in [5.41, 5.74) is 1.37. The summed E-state index contributed by atoms with van der Waals surface area (Å²) in [6.07, 6.45) is 5.83. The number of piperidine rings is 1. The fourth-order valence-electron chi connectivity index (χ4n) is 2.64. The molecule has 1 aliphatic carbocycles. The van der Waals surface area contributed by atoms with Crippen molar-refractivity contribution in [2.24, 2.45) is 0 Å². The molecule has 0 radical (unpaired) electrons. The van der Waals surface area contributed by atoms with Crippen LogP contribution in [0.15, 0.2) is 6.20 Å². The molecule has 0 spiro atoms. The highest BCUT2D eigenvalue weighted by Crippen LogP contribution is 2.43. The largest absolute Gasteiger partial charge is 0.478 e. The maximum absolute atomic E-state index is 11.2. The Morgan fingerprint density at radius 1 is 1.35 bits per heavy atom. The van der Waals surface area contributed by atoms with Crippen LogP contribution in [0.2, 0.25) is 0 Å². The number of carbonyl (C=O) groups is 1. The van der Waals surface area contributed by atoms with E-state index in [1.165, 1.54) is 6.20 Å². The van der Waals surface area contributed by atoms with E-state index >= 15 is 0 Å². The highest BCUT2D eigenvalue weighted by Gasteiger charge is 2.34. The van der Waals surface area contributed by atoms with Gasteiger partial charge in [-0.3, -0.25) is 4.68 Å². The fourth-order valence-corrected chi connectivity index (χ4v) is 2.64. The Morgan fingerprint density at radius 3 is 2.65 bits per heavy atom. The molecule has 0 amide bonds. The zero-order chi connectivity index (χ0) is 11.8. The summed E-state index contributed by atoms with van der Waals surface area (Å²) in [7, 11) is 0. The Morgan fingerprint density at radius 2 is 2.06 bits per heavy atom. The molecule has 5 nitrogen and oxygen atoms in total. The molecule has 2 aliphatic rings. The van der Waals surface area contributed by atoms with Gasteiger partial charge < -0.3 is 10.4 Å². The van der Waals surface area contributed by atoms with Crippen LogP contribution in [0.1, 0.15) is 53.7 Å². The lowest BCUT2D eigenvalue weighted by molar-refractivity contribution is 0.0695. The number of carboxylic acid groups (broad SMARTS) is 1. The van der Waals surface area contributed by atoms with Gasteiger partial charge in [0.05, 0.1) is 17.9 Å². The molecule has 2 fully saturated rings. The topological polar surface area (TPSA) is 67.1 Å². The van der Waals surface area contributed by atoms with Crippen molar-refractivity contribution in [2.75, 3.05) is 13.1 Å². The third-order valence-corrected chi connectivity index (χ3v) is 3.68. The molecule has 0 aromatic carbocycles.